The standard InChI is InChI=1S/C27H25ClF2N6O2S/c1-35(13-10-17-6-3-2-4-7-17)16-22-33-23(19-14-18(28)8-9-21(19)38-27(29)30)26(39-22)34-25(37)20-15-32-36-12-5-11-31-24(20)36/h2-9,11-12,14-15,25,27,34,37H,10,13,16H2,1H3. The highest BCUT2D eigenvalue weighted by atomic mass is 35.5. The van der Waals surface area contributed by atoms with Gasteiger partial charge in [-0.15, -0.1) is 0 Å². The Balaban J connectivity index is 1.45. The summed E-state index contributed by atoms with van der Waals surface area (Å²) >= 11 is 7.54. The molecule has 3 aromatic heterocycles. The molecule has 5 aromatic rings. The first kappa shape index (κ1) is 26.9. The van der Waals surface area contributed by atoms with Gasteiger partial charge in [0.1, 0.15) is 21.5 Å². The number of nitrogens with one attached hydrogen (secondary N) is 1. The molecular weight excluding hydrogens is 546 g/mol. The predicted molar refractivity (Wildman–Crippen MR) is 147 cm³/mol. The Morgan fingerprint density at radius 3 is 2.79 bits per heavy atom. The number of nitrogens with zero attached hydrogens (tertiary/aromatic N) is 5. The minimum absolute atomic E-state index is 0.0705. The van der Waals surface area contributed by atoms with Gasteiger partial charge in [-0.1, -0.05) is 53.3 Å². The van der Waals surface area contributed by atoms with Crippen molar-refractivity contribution >= 4 is 33.6 Å². The molecule has 0 aliphatic carbocycles. The number of likely N-dealkylation sites (N-methyl/N-ethyl adjacent to an activating group) is 1. The Bertz CT molecular complexity index is 1550. The number of anilines is 1. The second kappa shape index (κ2) is 12.0. The molecule has 202 valence electrons. The molecular formula is C27H25ClF2N6O2S. The van der Waals surface area contributed by atoms with E-state index in [1.807, 2.05) is 25.2 Å². The second-order valence-electron chi connectivity index (χ2n) is 8.81. The first-order valence-corrected chi connectivity index (χ1v) is 13.3. The zero-order chi connectivity index (χ0) is 27.4. The topological polar surface area (TPSA) is 87.8 Å². The molecule has 2 aromatic carbocycles. The third kappa shape index (κ3) is 6.51. The number of aromatic nitrogens is 4. The molecule has 0 spiro atoms. The smallest absolute Gasteiger partial charge is 0.387 e. The van der Waals surface area contributed by atoms with Gasteiger partial charge in [-0.2, -0.15) is 13.9 Å². The van der Waals surface area contributed by atoms with Crippen LogP contribution in [0.1, 0.15) is 22.4 Å². The zero-order valence-corrected chi connectivity index (χ0v) is 22.4. The number of alkyl halides is 2. The SMILES string of the molecule is CN(CCc1ccccc1)Cc1nc(-c2cc(Cl)ccc2OC(F)F)c(NC(O)c2cnn3cccnc23)s1. The van der Waals surface area contributed by atoms with Crippen LogP contribution in [0.15, 0.2) is 73.2 Å². The van der Waals surface area contributed by atoms with Crippen molar-refractivity contribution in [1.29, 1.82) is 0 Å². The van der Waals surface area contributed by atoms with Crippen LogP contribution in [0.4, 0.5) is 13.8 Å². The van der Waals surface area contributed by atoms with Gasteiger partial charge < -0.3 is 15.2 Å². The van der Waals surface area contributed by atoms with Crippen molar-refractivity contribution in [3.8, 4) is 17.0 Å². The summed E-state index contributed by atoms with van der Waals surface area (Å²) in [4.78, 5) is 11.2. The van der Waals surface area contributed by atoms with Gasteiger partial charge in [0.25, 0.3) is 0 Å². The van der Waals surface area contributed by atoms with E-state index in [4.69, 9.17) is 21.3 Å². The maximum atomic E-state index is 13.2. The molecule has 0 saturated heterocycles. The van der Waals surface area contributed by atoms with Crippen molar-refractivity contribution in [2.45, 2.75) is 25.8 Å². The van der Waals surface area contributed by atoms with Gasteiger partial charge in [-0.05, 0) is 43.3 Å². The Hall–Kier alpha value is -3.64. The lowest BCUT2D eigenvalue weighted by Gasteiger charge is -2.14. The van der Waals surface area contributed by atoms with Gasteiger partial charge in [-0.25, -0.2) is 14.5 Å². The van der Waals surface area contributed by atoms with Crippen molar-refractivity contribution in [3.63, 3.8) is 0 Å². The van der Waals surface area contributed by atoms with Crippen LogP contribution in [0.5, 0.6) is 5.75 Å². The van der Waals surface area contributed by atoms with Crippen LogP contribution >= 0.6 is 22.9 Å². The Labute approximate surface area is 232 Å². The number of hydrogen-bond donors (Lipinski definition) is 2. The number of hydrogen-bond acceptors (Lipinski definition) is 8. The number of ether oxygens (including phenoxy) is 1. The van der Waals surface area contributed by atoms with Gasteiger partial charge in [0.15, 0.2) is 11.9 Å². The molecule has 0 radical (unpaired) electrons. The van der Waals surface area contributed by atoms with Crippen LogP contribution < -0.4 is 10.1 Å². The molecule has 1 unspecified atom stereocenters. The van der Waals surface area contributed by atoms with Gasteiger partial charge in [0.05, 0.1) is 18.3 Å². The van der Waals surface area contributed by atoms with E-state index in [9.17, 15) is 13.9 Å². The molecule has 12 heteroatoms. The van der Waals surface area contributed by atoms with E-state index < -0.39 is 12.8 Å². The van der Waals surface area contributed by atoms with Crippen LogP contribution in [0.3, 0.4) is 0 Å². The summed E-state index contributed by atoms with van der Waals surface area (Å²) < 4.78 is 32.7. The number of rotatable bonds is 11. The third-order valence-electron chi connectivity index (χ3n) is 5.98. The Kier molecular flexibility index (Phi) is 8.32. The number of halogens is 3. The lowest BCUT2D eigenvalue weighted by atomic mass is 10.1. The zero-order valence-electron chi connectivity index (χ0n) is 20.8. The molecule has 0 saturated carbocycles. The molecule has 0 aliphatic rings. The predicted octanol–water partition coefficient (Wildman–Crippen LogP) is 5.89. The number of aliphatic hydroxyl groups excluding tert-OH is 1. The van der Waals surface area contributed by atoms with E-state index in [0.29, 0.717) is 33.5 Å². The quantitative estimate of drug-likeness (QED) is 0.192. The lowest BCUT2D eigenvalue weighted by molar-refractivity contribution is -0.0494. The number of benzene rings is 2. The van der Waals surface area contributed by atoms with E-state index in [0.717, 1.165) is 18.0 Å². The highest BCUT2D eigenvalue weighted by molar-refractivity contribution is 7.16. The van der Waals surface area contributed by atoms with Crippen LogP contribution in [-0.4, -0.2) is 49.8 Å². The van der Waals surface area contributed by atoms with Crippen molar-refractivity contribution in [3.05, 3.63) is 94.3 Å². The molecule has 39 heavy (non-hydrogen) atoms. The van der Waals surface area contributed by atoms with Gasteiger partial charge in [0.2, 0.25) is 0 Å². The number of aliphatic hydroxyl groups is 1. The molecule has 2 N–H and O–H groups in total. The monoisotopic (exact) mass is 570 g/mol. The third-order valence-corrected chi connectivity index (χ3v) is 7.19. The van der Waals surface area contributed by atoms with Crippen molar-refractivity contribution < 1.29 is 18.6 Å². The van der Waals surface area contributed by atoms with Gasteiger partial charge in [0, 0.05) is 29.5 Å². The fourth-order valence-corrected chi connectivity index (χ4v) is 5.37. The number of thiazole rings is 1. The summed E-state index contributed by atoms with van der Waals surface area (Å²) in [6.45, 7) is -1.74. The normalized spacial score (nSPS) is 12.4. The minimum Gasteiger partial charge on any atom is -0.434 e. The molecule has 5 rings (SSSR count). The van der Waals surface area contributed by atoms with Gasteiger partial charge >= 0.3 is 6.61 Å². The molecule has 1 atom stereocenters. The molecule has 8 nitrogen and oxygen atoms in total. The van der Waals surface area contributed by atoms with Gasteiger partial charge in [-0.3, -0.25) is 4.90 Å². The summed E-state index contributed by atoms with van der Waals surface area (Å²) in [5, 5.41) is 19.9. The Morgan fingerprint density at radius 1 is 1.18 bits per heavy atom. The molecule has 0 aliphatic heterocycles. The fourth-order valence-electron chi connectivity index (χ4n) is 4.11. The average molecular weight is 571 g/mol. The second-order valence-corrected chi connectivity index (χ2v) is 10.3. The fraction of sp³-hybridized carbons (Fsp3) is 0.222. The molecule has 0 fully saturated rings. The van der Waals surface area contributed by atoms with Crippen molar-refractivity contribution in [1.82, 2.24) is 24.5 Å². The van der Waals surface area contributed by atoms with E-state index in [1.54, 1.807) is 23.0 Å². The largest absolute Gasteiger partial charge is 0.434 e. The van der Waals surface area contributed by atoms with Crippen LogP contribution in [0.2, 0.25) is 5.02 Å². The van der Waals surface area contributed by atoms with E-state index in [1.165, 1.54) is 41.3 Å². The summed E-state index contributed by atoms with van der Waals surface area (Å²) in [5.74, 6) is -0.0705. The average Bonchev–Trinajstić information content (AvgIpc) is 3.53. The molecule has 3 heterocycles. The summed E-state index contributed by atoms with van der Waals surface area (Å²) in [5.41, 5.74) is 2.78. The first-order chi connectivity index (χ1) is 18.9. The molecule has 0 bridgehead atoms. The summed E-state index contributed by atoms with van der Waals surface area (Å²) in [7, 11) is 1.99. The van der Waals surface area contributed by atoms with E-state index in [-0.39, 0.29) is 11.3 Å². The summed E-state index contributed by atoms with van der Waals surface area (Å²) in [6, 6.07) is 16.3. The lowest BCUT2D eigenvalue weighted by Crippen LogP contribution is -2.20. The van der Waals surface area contributed by atoms with Crippen LogP contribution in [-0.2, 0) is 13.0 Å². The summed E-state index contributed by atoms with van der Waals surface area (Å²) in [6.07, 6.45) is 4.51. The van der Waals surface area contributed by atoms with Crippen LogP contribution in [0.25, 0.3) is 16.9 Å². The van der Waals surface area contributed by atoms with E-state index >= 15 is 0 Å². The van der Waals surface area contributed by atoms with Crippen molar-refractivity contribution in [2.24, 2.45) is 0 Å². The maximum Gasteiger partial charge on any atom is 0.387 e. The van der Waals surface area contributed by atoms with Crippen molar-refractivity contribution in [2.75, 3.05) is 18.9 Å². The minimum atomic E-state index is -3.03. The Morgan fingerprint density at radius 2 is 2.00 bits per heavy atom. The highest BCUT2D eigenvalue weighted by Crippen LogP contribution is 2.41. The molecule has 0 amide bonds. The van der Waals surface area contributed by atoms with E-state index in [2.05, 4.69) is 32.4 Å². The van der Waals surface area contributed by atoms with Crippen LogP contribution in [0, 0.1) is 0 Å². The number of fused-ring (bicyclic) bond motifs is 1. The first-order valence-electron chi connectivity index (χ1n) is 12.1. The highest BCUT2D eigenvalue weighted by Gasteiger charge is 2.23. The maximum absolute atomic E-state index is 13.2.